The third-order valence-electron chi connectivity index (χ3n) is 3.56. The fourth-order valence-electron chi connectivity index (χ4n) is 2.17. The zero-order valence-corrected chi connectivity index (χ0v) is 15.6. The van der Waals surface area contributed by atoms with Gasteiger partial charge in [0, 0.05) is 18.4 Å². The smallest absolute Gasteiger partial charge is 0.224 e. The number of carbonyl (C=O) groups excluding carboxylic acids is 1. The molecule has 2 aromatic carbocycles. The molecule has 0 unspecified atom stereocenters. The molecule has 2 aromatic rings. The molecule has 0 spiro atoms. The number of aryl methyl sites for hydroxylation is 2. The summed E-state index contributed by atoms with van der Waals surface area (Å²) in [5.41, 5.74) is 2.07. The number of anilines is 1. The van der Waals surface area contributed by atoms with Crippen molar-refractivity contribution in [2.24, 2.45) is 0 Å². The van der Waals surface area contributed by atoms with Crippen molar-refractivity contribution in [2.75, 3.05) is 11.6 Å². The average Bonchev–Trinajstić information content (AvgIpc) is 2.50. The van der Waals surface area contributed by atoms with Gasteiger partial charge in [0.2, 0.25) is 5.91 Å². The maximum absolute atomic E-state index is 12.2. The third-order valence-corrected chi connectivity index (χ3v) is 5.53. The van der Waals surface area contributed by atoms with Crippen LogP contribution in [0.3, 0.4) is 0 Å². The molecule has 4 nitrogen and oxygen atoms in total. The molecule has 0 radical (unpaired) electrons. The molecule has 0 saturated heterocycles. The molecule has 0 heterocycles. The SMILES string of the molecule is Cc1ccc(S(C)(=O)=O)cc1NC(=O)CCc1cccc(Cl)c1Cl. The predicted octanol–water partition coefficient (Wildman–Crippen LogP) is 4.28. The Hall–Kier alpha value is -1.56. The Morgan fingerprint density at radius 1 is 1.17 bits per heavy atom. The van der Waals surface area contributed by atoms with Crippen molar-refractivity contribution in [2.45, 2.75) is 24.7 Å². The van der Waals surface area contributed by atoms with Gasteiger partial charge >= 0.3 is 0 Å². The number of benzene rings is 2. The highest BCUT2D eigenvalue weighted by Crippen LogP contribution is 2.26. The van der Waals surface area contributed by atoms with Gasteiger partial charge in [0.1, 0.15) is 0 Å². The normalized spacial score (nSPS) is 11.3. The Morgan fingerprint density at radius 2 is 1.88 bits per heavy atom. The van der Waals surface area contributed by atoms with Gasteiger partial charge < -0.3 is 5.32 Å². The van der Waals surface area contributed by atoms with Crippen LogP contribution < -0.4 is 5.32 Å². The van der Waals surface area contributed by atoms with Crippen molar-refractivity contribution >= 4 is 44.6 Å². The van der Waals surface area contributed by atoms with Crippen LogP contribution in [-0.2, 0) is 21.1 Å². The molecule has 1 amide bonds. The van der Waals surface area contributed by atoms with Crippen molar-refractivity contribution in [3.8, 4) is 0 Å². The van der Waals surface area contributed by atoms with E-state index in [-0.39, 0.29) is 17.2 Å². The minimum atomic E-state index is -3.33. The Balaban J connectivity index is 2.09. The number of amides is 1. The molecule has 24 heavy (non-hydrogen) atoms. The molecule has 0 fully saturated rings. The van der Waals surface area contributed by atoms with Crippen LogP contribution in [0.5, 0.6) is 0 Å². The number of hydrogen-bond acceptors (Lipinski definition) is 3. The molecule has 2 rings (SSSR count). The Morgan fingerprint density at radius 3 is 2.54 bits per heavy atom. The topological polar surface area (TPSA) is 63.2 Å². The minimum Gasteiger partial charge on any atom is -0.326 e. The minimum absolute atomic E-state index is 0.168. The number of sulfone groups is 1. The van der Waals surface area contributed by atoms with Gasteiger partial charge in [0.25, 0.3) is 0 Å². The molecule has 7 heteroatoms. The van der Waals surface area contributed by atoms with Gasteiger partial charge in [-0.1, -0.05) is 41.4 Å². The monoisotopic (exact) mass is 385 g/mol. The summed E-state index contributed by atoms with van der Waals surface area (Å²) in [6.07, 6.45) is 1.78. The quantitative estimate of drug-likeness (QED) is 0.835. The second kappa shape index (κ2) is 7.55. The van der Waals surface area contributed by atoms with E-state index in [9.17, 15) is 13.2 Å². The lowest BCUT2D eigenvalue weighted by Crippen LogP contribution is -2.14. The molecule has 1 N–H and O–H groups in total. The van der Waals surface area contributed by atoms with E-state index in [4.69, 9.17) is 23.2 Å². The first kappa shape index (κ1) is 18.8. The van der Waals surface area contributed by atoms with Crippen LogP contribution in [0.1, 0.15) is 17.5 Å². The lowest BCUT2D eigenvalue weighted by atomic mass is 10.1. The summed E-state index contributed by atoms with van der Waals surface area (Å²) in [5.74, 6) is -0.222. The molecule has 0 aliphatic rings. The van der Waals surface area contributed by atoms with Crippen molar-refractivity contribution in [3.05, 3.63) is 57.6 Å². The van der Waals surface area contributed by atoms with Gasteiger partial charge in [-0.3, -0.25) is 4.79 Å². The standard InChI is InChI=1S/C17H17Cl2NO3S/c1-11-6-8-13(24(2,22)23)10-15(11)20-16(21)9-7-12-4-3-5-14(18)17(12)19/h3-6,8,10H,7,9H2,1-2H3,(H,20,21). The maximum atomic E-state index is 12.2. The first-order chi connectivity index (χ1) is 11.2. The van der Waals surface area contributed by atoms with Gasteiger partial charge in [0.15, 0.2) is 9.84 Å². The number of nitrogens with one attached hydrogen (secondary N) is 1. The molecular weight excluding hydrogens is 369 g/mol. The number of halogens is 2. The Labute approximate surface area is 151 Å². The van der Waals surface area contributed by atoms with Crippen molar-refractivity contribution in [1.82, 2.24) is 0 Å². The Bertz CT molecular complexity index is 879. The van der Waals surface area contributed by atoms with E-state index in [2.05, 4.69) is 5.32 Å². The Kier molecular flexibility index (Phi) is 5.91. The van der Waals surface area contributed by atoms with Crippen molar-refractivity contribution in [1.29, 1.82) is 0 Å². The van der Waals surface area contributed by atoms with E-state index < -0.39 is 9.84 Å². The number of rotatable bonds is 5. The van der Waals surface area contributed by atoms with Gasteiger partial charge in [-0.25, -0.2) is 8.42 Å². The molecule has 0 bridgehead atoms. The first-order valence-electron chi connectivity index (χ1n) is 7.22. The maximum Gasteiger partial charge on any atom is 0.224 e. The molecule has 0 aromatic heterocycles. The molecular formula is C17H17Cl2NO3S. The highest BCUT2D eigenvalue weighted by atomic mass is 35.5. The van der Waals surface area contributed by atoms with Gasteiger partial charge in [-0.15, -0.1) is 0 Å². The number of carbonyl (C=O) groups is 1. The second-order valence-electron chi connectivity index (χ2n) is 5.51. The molecule has 0 saturated carbocycles. The zero-order chi connectivity index (χ0) is 17.9. The summed E-state index contributed by atoms with van der Waals surface area (Å²) >= 11 is 12.1. The predicted molar refractivity (Wildman–Crippen MR) is 97.7 cm³/mol. The summed E-state index contributed by atoms with van der Waals surface area (Å²) in [6.45, 7) is 1.80. The van der Waals surface area contributed by atoms with E-state index in [1.54, 1.807) is 25.1 Å². The van der Waals surface area contributed by atoms with E-state index in [1.807, 2.05) is 6.07 Å². The lowest BCUT2D eigenvalue weighted by molar-refractivity contribution is -0.116. The van der Waals surface area contributed by atoms with Crippen molar-refractivity contribution in [3.63, 3.8) is 0 Å². The first-order valence-corrected chi connectivity index (χ1v) is 9.86. The fraction of sp³-hybridized carbons (Fsp3) is 0.235. The van der Waals surface area contributed by atoms with Gasteiger partial charge in [0.05, 0.1) is 14.9 Å². The number of hydrogen-bond donors (Lipinski definition) is 1. The summed E-state index contributed by atoms with van der Waals surface area (Å²) in [5, 5.41) is 3.64. The van der Waals surface area contributed by atoms with Crippen LogP contribution in [0, 0.1) is 6.92 Å². The largest absolute Gasteiger partial charge is 0.326 e. The lowest BCUT2D eigenvalue weighted by Gasteiger charge is -2.11. The second-order valence-corrected chi connectivity index (χ2v) is 8.31. The van der Waals surface area contributed by atoms with Crippen LogP contribution >= 0.6 is 23.2 Å². The van der Waals surface area contributed by atoms with Crippen LogP contribution in [0.2, 0.25) is 10.0 Å². The summed E-state index contributed by atoms with van der Waals surface area (Å²) < 4.78 is 23.2. The average molecular weight is 386 g/mol. The van der Waals surface area contributed by atoms with Gasteiger partial charge in [-0.2, -0.15) is 0 Å². The summed E-state index contributed by atoms with van der Waals surface area (Å²) in [6, 6.07) is 9.94. The molecule has 0 aliphatic carbocycles. The molecule has 128 valence electrons. The summed E-state index contributed by atoms with van der Waals surface area (Å²) in [7, 11) is -3.33. The molecule has 0 aliphatic heterocycles. The zero-order valence-electron chi connectivity index (χ0n) is 13.3. The van der Waals surface area contributed by atoms with Gasteiger partial charge in [-0.05, 0) is 42.7 Å². The van der Waals surface area contributed by atoms with E-state index in [0.717, 1.165) is 17.4 Å². The fourth-order valence-corrected chi connectivity index (χ4v) is 3.23. The third kappa shape index (κ3) is 4.72. The summed E-state index contributed by atoms with van der Waals surface area (Å²) in [4.78, 5) is 12.3. The van der Waals surface area contributed by atoms with Crippen LogP contribution in [0.4, 0.5) is 5.69 Å². The van der Waals surface area contributed by atoms with E-state index in [1.165, 1.54) is 12.1 Å². The van der Waals surface area contributed by atoms with Crippen LogP contribution in [0.25, 0.3) is 0 Å². The van der Waals surface area contributed by atoms with E-state index in [0.29, 0.717) is 22.2 Å². The molecule has 0 atom stereocenters. The highest BCUT2D eigenvalue weighted by Gasteiger charge is 2.12. The highest BCUT2D eigenvalue weighted by molar-refractivity contribution is 7.90. The van der Waals surface area contributed by atoms with Crippen LogP contribution in [-0.4, -0.2) is 20.6 Å². The van der Waals surface area contributed by atoms with Crippen molar-refractivity contribution < 1.29 is 13.2 Å². The van der Waals surface area contributed by atoms with Crippen LogP contribution in [0.15, 0.2) is 41.3 Å². The van der Waals surface area contributed by atoms with E-state index >= 15 is 0 Å².